The number of benzene rings is 1. The van der Waals surface area contributed by atoms with E-state index in [0.29, 0.717) is 17.2 Å². The molecular weight excluding hydrogens is 288 g/mol. The van der Waals surface area contributed by atoms with Crippen molar-refractivity contribution in [3.8, 4) is 0 Å². The van der Waals surface area contributed by atoms with Crippen LogP contribution in [0, 0.1) is 0 Å². The van der Waals surface area contributed by atoms with E-state index in [1.54, 1.807) is 0 Å². The molecule has 0 aliphatic carbocycles. The second kappa shape index (κ2) is 5.74. The van der Waals surface area contributed by atoms with E-state index < -0.39 is 5.91 Å². The summed E-state index contributed by atoms with van der Waals surface area (Å²) in [4.78, 5) is 23.2. The SMILES string of the molecule is NC(=O)c1nc(CNc2nc(CO)nc3ccccc23)no1. The van der Waals surface area contributed by atoms with Gasteiger partial charge in [-0.25, -0.2) is 9.97 Å². The van der Waals surface area contributed by atoms with Crippen molar-refractivity contribution >= 4 is 22.6 Å². The summed E-state index contributed by atoms with van der Waals surface area (Å²) in [5, 5.41) is 16.7. The van der Waals surface area contributed by atoms with Gasteiger partial charge in [0, 0.05) is 5.39 Å². The molecule has 9 nitrogen and oxygen atoms in total. The molecule has 0 aliphatic heterocycles. The maximum absolute atomic E-state index is 10.9. The lowest BCUT2D eigenvalue weighted by molar-refractivity contribution is 0.0958. The summed E-state index contributed by atoms with van der Waals surface area (Å²) in [5.74, 6) is 0.0587. The van der Waals surface area contributed by atoms with Gasteiger partial charge in [-0.15, -0.1) is 0 Å². The number of anilines is 1. The van der Waals surface area contributed by atoms with Crippen molar-refractivity contribution in [3.05, 3.63) is 41.8 Å². The van der Waals surface area contributed by atoms with E-state index in [9.17, 15) is 9.90 Å². The Morgan fingerprint density at radius 3 is 2.77 bits per heavy atom. The molecule has 22 heavy (non-hydrogen) atoms. The van der Waals surface area contributed by atoms with Crippen molar-refractivity contribution in [2.45, 2.75) is 13.2 Å². The molecule has 0 bridgehead atoms. The summed E-state index contributed by atoms with van der Waals surface area (Å²) in [5.41, 5.74) is 5.75. The van der Waals surface area contributed by atoms with Gasteiger partial charge in [-0.05, 0) is 12.1 Å². The van der Waals surface area contributed by atoms with Gasteiger partial charge in [-0.2, -0.15) is 4.98 Å². The Labute approximate surface area is 124 Å². The van der Waals surface area contributed by atoms with Crippen molar-refractivity contribution < 1.29 is 14.4 Å². The van der Waals surface area contributed by atoms with Gasteiger partial charge >= 0.3 is 11.8 Å². The van der Waals surface area contributed by atoms with Crippen LogP contribution < -0.4 is 11.1 Å². The van der Waals surface area contributed by atoms with Crippen LogP contribution in [0.1, 0.15) is 22.3 Å². The van der Waals surface area contributed by atoms with Gasteiger partial charge in [0.2, 0.25) is 0 Å². The van der Waals surface area contributed by atoms with Crippen LogP contribution in [0.25, 0.3) is 10.9 Å². The topological polar surface area (TPSA) is 140 Å². The molecule has 0 aliphatic rings. The molecule has 3 aromatic rings. The molecule has 9 heteroatoms. The average molecular weight is 300 g/mol. The minimum absolute atomic E-state index is 0.183. The van der Waals surface area contributed by atoms with Crippen LogP contribution in [0.4, 0.5) is 5.82 Å². The van der Waals surface area contributed by atoms with Gasteiger partial charge in [-0.1, -0.05) is 17.3 Å². The molecule has 4 N–H and O–H groups in total. The first-order chi connectivity index (χ1) is 10.7. The first-order valence-electron chi connectivity index (χ1n) is 6.40. The minimum atomic E-state index is -0.784. The molecule has 112 valence electrons. The van der Waals surface area contributed by atoms with Crippen molar-refractivity contribution in [2.24, 2.45) is 5.73 Å². The Balaban J connectivity index is 1.87. The predicted molar refractivity (Wildman–Crippen MR) is 75.6 cm³/mol. The number of primary amides is 1. The monoisotopic (exact) mass is 300 g/mol. The van der Waals surface area contributed by atoms with Crippen molar-refractivity contribution in [1.29, 1.82) is 0 Å². The largest absolute Gasteiger partial charge is 0.388 e. The Morgan fingerprint density at radius 1 is 1.23 bits per heavy atom. The number of aliphatic hydroxyl groups excluding tert-OH is 1. The van der Waals surface area contributed by atoms with E-state index in [4.69, 9.17) is 10.3 Å². The van der Waals surface area contributed by atoms with E-state index in [2.05, 4.69) is 25.4 Å². The smallest absolute Gasteiger partial charge is 0.315 e. The highest BCUT2D eigenvalue weighted by Crippen LogP contribution is 2.20. The van der Waals surface area contributed by atoms with Crippen LogP contribution in [0.5, 0.6) is 0 Å². The highest BCUT2D eigenvalue weighted by Gasteiger charge is 2.12. The first-order valence-corrected chi connectivity index (χ1v) is 6.40. The average Bonchev–Trinajstić information content (AvgIpc) is 3.01. The Kier molecular flexibility index (Phi) is 3.62. The lowest BCUT2D eigenvalue weighted by Crippen LogP contribution is -2.11. The van der Waals surface area contributed by atoms with E-state index in [1.165, 1.54) is 0 Å². The molecule has 0 saturated carbocycles. The van der Waals surface area contributed by atoms with Gasteiger partial charge in [0.15, 0.2) is 11.6 Å². The highest BCUT2D eigenvalue weighted by molar-refractivity contribution is 5.89. The summed E-state index contributed by atoms with van der Waals surface area (Å²) in [6, 6.07) is 7.37. The molecule has 0 atom stereocenters. The number of fused-ring (bicyclic) bond motifs is 1. The predicted octanol–water partition coefficient (Wildman–Crippen LogP) is 0.216. The highest BCUT2D eigenvalue weighted by atomic mass is 16.5. The zero-order valence-corrected chi connectivity index (χ0v) is 11.4. The molecular formula is C13H12N6O3. The molecule has 0 saturated heterocycles. The molecule has 0 unspecified atom stereocenters. The summed E-state index contributed by atoms with van der Waals surface area (Å²) < 4.78 is 4.70. The number of hydrogen-bond donors (Lipinski definition) is 3. The number of rotatable bonds is 5. The fraction of sp³-hybridized carbons (Fsp3) is 0.154. The summed E-state index contributed by atoms with van der Waals surface area (Å²) in [6.45, 7) is -0.0871. The number of aliphatic hydroxyl groups is 1. The quantitative estimate of drug-likeness (QED) is 0.607. The molecule has 1 aromatic carbocycles. The van der Waals surface area contributed by atoms with E-state index in [-0.39, 0.29) is 24.9 Å². The molecule has 2 aromatic heterocycles. The van der Waals surface area contributed by atoms with Crippen LogP contribution in [-0.2, 0) is 13.2 Å². The third-order valence-corrected chi connectivity index (χ3v) is 2.88. The minimum Gasteiger partial charge on any atom is -0.388 e. The first kappa shape index (κ1) is 13.9. The van der Waals surface area contributed by atoms with Gasteiger partial charge in [-0.3, -0.25) is 4.79 Å². The number of nitrogens with zero attached hydrogens (tertiary/aromatic N) is 4. The summed E-state index contributed by atoms with van der Waals surface area (Å²) in [7, 11) is 0. The van der Waals surface area contributed by atoms with Crippen LogP contribution in [0.3, 0.4) is 0 Å². The number of aromatic nitrogens is 4. The lowest BCUT2D eigenvalue weighted by Gasteiger charge is -2.08. The number of carbonyl (C=O) groups excluding carboxylic acids is 1. The molecule has 3 rings (SSSR count). The van der Waals surface area contributed by atoms with Gasteiger partial charge < -0.3 is 20.7 Å². The second-order valence-electron chi connectivity index (χ2n) is 4.40. The fourth-order valence-electron chi connectivity index (χ4n) is 1.92. The zero-order valence-electron chi connectivity index (χ0n) is 11.4. The Morgan fingerprint density at radius 2 is 2.05 bits per heavy atom. The maximum Gasteiger partial charge on any atom is 0.315 e. The van der Waals surface area contributed by atoms with Crippen LogP contribution in [0.15, 0.2) is 28.8 Å². The van der Waals surface area contributed by atoms with E-state index in [0.717, 1.165) is 5.39 Å². The lowest BCUT2D eigenvalue weighted by atomic mass is 10.2. The number of amides is 1. The van der Waals surface area contributed by atoms with Gasteiger partial charge in [0.25, 0.3) is 0 Å². The molecule has 0 spiro atoms. The van der Waals surface area contributed by atoms with Crippen LogP contribution in [0.2, 0.25) is 0 Å². The van der Waals surface area contributed by atoms with Crippen molar-refractivity contribution in [2.75, 3.05) is 5.32 Å². The summed E-state index contributed by atoms with van der Waals surface area (Å²) >= 11 is 0. The van der Waals surface area contributed by atoms with Gasteiger partial charge in [0.1, 0.15) is 12.4 Å². The third kappa shape index (κ3) is 2.69. The third-order valence-electron chi connectivity index (χ3n) is 2.88. The molecule has 2 heterocycles. The number of para-hydroxylation sites is 1. The van der Waals surface area contributed by atoms with Crippen molar-refractivity contribution in [1.82, 2.24) is 20.1 Å². The number of hydrogen-bond acceptors (Lipinski definition) is 8. The van der Waals surface area contributed by atoms with E-state index in [1.807, 2.05) is 24.3 Å². The van der Waals surface area contributed by atoms with Crippen molar-refractivity contribution in [3.63, 3.8) is 0 Å². The number of nitrogens with one attached hydrogen (secondary N) is 1. The standard InChI is InChI=1S/C13H12N6O3/c14-11(21)13-18-9(19-22-13)5-15-12-7-3-1-2-4-8(7)16-10(6-20)17-12/h1-4,20H,5-6H2,(H2,14,21)(H,15,16,17). The molecule has 0 radical (unpaired) electrons. The number of nitrogens with two attached hydrogens (primary N) is 1. The van der Waals surface area contributed by atoms with E-state index >= 15 is 0 Å². The molecule has 1 amide bonds. The maximum atomic E-state index is 10.9. The van der Waals surface area contributed by atoms with Crippen LogP contribution >= 0.6 is 0 Å². The fourth-order valence-corrected chi connectivity index (χ4v) is 1.92. The number of carbonyl (C=O) groups is 1. The molecule has 0 fully saturated rings. The Hall–Kier alpha value is -3.07. The second-order valence-corrected chi connectivity index (χ2v) is 4.40. The van der Waals surface area contributed by atoms with Crippen LogP contribution in [-0.4, -0.2) is 31.1 Å². The zero-order chi connectivity index (χ0) is 15.5. The Bertz CT molecular complexity index is 832. The van der Waals surface area contributed by atoms with Gasteiger partial charge in [0.05, 0.1) is 12.1 Å². The summed E-state index contributed by atoms with van der Waals surface area (Å²) in [6.07, 6.45) is 0. The normalized spacial score (nSPS) is 10.8.